The summed E-state index contributed by atoms with van der Waals surface area (Å²) < 4.78 is 15.1. The van der Waals surface area contributed by atoms with E-state index >= 15 is 0 Å². The molecule has 0 aliphatic carbocycles. The first-order chi connectivity index (χ1) is 12.1. The van der Waals surface area contributed by atoms with Gasteiger partial charge >= 0.3 is 0 Å². The van der Waals surface area contributed by atoms with Crippen molar-refractivity contribution in [2.45, 2.75) is 32.6 Å². The van der Waals surface area contributed by atoms with Crippen LogP contribution in [0, 0.1) is 12.7 Å². The summed E-state index contributed by atoms with van der Waals surface area (Å²) in [5, 5.41) is 0. The minimum Gasteiger partial charge on any atom is -0.338 e. The van der Waals surface area contributed by atoms with Crippen molar-refractivity contribution in [2.75, 3.05) is 13.1 Å². The average molecular weight is 357 g/mol. The first kappa shape index (κ1) is 16.3. The van der Waals surface area contributed by atoms with E-state index in [2.05, 4.69) is 4.98 Å². The molecule has 1 saturated heterocycles. The molecule has 3 aromatic rings. The Morgan fingerprint density at radius 2 is 1.80 bits per heavy atom. The second-order valence-corrected chi connectivity index (χ2v) is 7.49. The van der Waals surface area contributed by atoms with Crippen LogP contribution in [0.5, 0.6) is 0 Å². The lowest BCUT2D eigenvalue weighted by molar-refractivity contribution is 0.0765. The van der Waals surface area contributed by atoms with Crippen molar-refractivity contribution in [3.63, 3.8) is 0 Å². The number of nitrogens with zero attached hydrogens (tertiary/aromatic N) is 3. The summed E-state index contributed by atoms with van der Waals surface area (Å²) in [6.45, 7) is 3.66. The Morgan fingerprint density at radius 3 is 2.44 bits per heavy atom. The van der Waals surface area contributed by atoms with Crippen molar-refractivity contribution < 1.29 is 9.18 Å². The first-order valence-corrected chi connectivity index (χ1v) is 9.49. The number of imidazole rings is 1. The molecular formula is C19H20FN3OS. The van der Waals surface area contributed by atoms with Crippen LogP contribution in [0.2, 0.25) is 0 Å². The third-order valence-electron chi connectivity index (χ3n) is 4.78. The Hall–Kier alpha value is -2.21. The molecule has 0 atom stereocenters. The van der Waals surface area contributed by atoms with E-state index in [9.17, 15) is 9.18 Å². The van der Waals surface area contributed by atoms with Gasteiger partial charge in [0.05, 0.1) is 5.69 Å². The maximum Gasteiger partial charge on any atom is 0.265 e. The van der Waals surface area contributed by atoms with Crippen LogP contribution in [0.15, 0.2) is 30.5 Å². The molecule has 0 saturated carbocycles. The molecule has 4 nitrogen and oxygen atoms in total. The maximum atomic E-state index is 13.1. The van der Waals surface area contributed by atoms with E-state index in [1.807, 2.05) is 22.4 Å². The number of hydrogen-bond acceptors (Lipinski definition) is 3. The Kier molecular flexibility index (Phi) is 4.29. The first-order valence-electron chi connectivity index (χ1n) is 8.67. The van der Waals surface area contributed by atoms with Crippen LogP contribution in [0.3, 0.4) is 0 Å². The molecule has 130 valence electrons. The molecule has 1 aromatic carbocycles. The molecule has 25 heavy (non-hydrogen) atoms. The zero-order valence-corrected chi connectivity index (χ0v) is 15.0. The number of benzene rings is 1. The smallest absolute Gasteiger partial charge is 0.265 e. The van der Waals surface area contributed by atoms with Gasteiger partial charge in [0.2, 0.25) is 0 Å². The number of amides is 1. The van der Waals surface area contributed by atoms with Crippen LogP contribution in [0.4, 0.5) is 4.39 Å². The van der Waals surface area contributed by atoms with Crippen molar-refractivity contribution in [3.05, 3.63) is 46.9 Å². The van der Waals surface area contributed by atoms with Gasteiger partial charge in [-0.3, -0.25) is 9.20 Å². The third kappa shape index (κ3) is 3.06. The lowest BCUT2D eigenvalue weighted by Gasteiger charge is -2.19. The second kappa shape index (κ2) is 6.59. The molecule has 0 unspecified atom stereocenters. The molecule has 0 radical (unpaired) electrons. The summed E-state index contributed by atoms with van der Waals surface area (Å²) in [6.07, 6.45) is 6.51. The largest absolute Gasteiger partial charge is 0.338 e. The zero-order valence-electron chi connectivity index (χ0n) is 14.2. The van der Waals surface area contributed by atoms with E-state index in [4.69, 9.17) is 0 Å². The van der Waals surface area contributed by atoms with E-state index in [0.29, 0.717) is 0 Å². The van der Waals surface area contributed by atoms with Gasteiger partial charge in [0, 0.05) is 30.5 Å². The fourth-order valence-corrected chi connectivity index (χ4v) is 4.40. The van der Waals surface area contributed by atoms with E-state index in [0.717, 1.165) is 52.7 Å². The summed E-state index contributed by atoms with van der Waals surface area (Å²) in [6, 6.07) is 6.31. The number of hydrogen-bond donors (Lipinski definition) is 0. The van der Waals surface area contributed by atoms with E-state index in [1.54, 1.807) is 12.1 Å². The number of fused-ring (bicyclic) bond motifs is 1. The Morgan fingerprint density at radius 1 is 1.12 bits per heavy atom. The number of carbonyl (C=O) groups excluding carboxylic acids is 1. The predicted octanol–water partition coefficient (Wildman–Crippen LogP) is 4.53. The van der Waals surface area contributed by atoms with Crippen molar-refractivity contribution in [1.82, 2.24) is 14.3 Å². The van der Waals surface area contributed by atoms with Crippen molar-refractivity contribution in [3.8, 4) is 11.3 Å². The van der Waals surface area contributed by atoms with Crippen molar-refractivity contribution >= 4 is 22.2 Å². The lowest BCUT2D eigenvalue weighted by Crippen LogP contribution is -2.31. The van der Waals surface area contributed by atoms with Gasteiger partial charge in [0.1, 0.15) is 10.7 Å². The molecule has 3 heterocycles. The van der Waals surface area contributed by atoms with Crippen LogP contribution in [-0.2, 0) is 0 Å². The molecule has 6 heteroatoms. The molecule has 0 bridgehead atoms. The minimum absolute atomic E-state index is 0.123. The maximum absolute atomic E-state index is 13.1. The molecule has 1 aliphatic rings. The average Bonchev–Trinajstić information content (AvgIpc) is 3.02. The van der Waals surface area contributed by atoms with Gasteiger partial charge in [-0.05, 0) is 44.0 Å². The van der Waals surface area contributed by atoms with Gasteiger partial charge in [-0.1, -0.05) is 24.2 Å². The van der Waals surface area contributed by atoms with Crippen molar-refractivity contribution in [1.29, 1.82) is 0 Å². The van der Waals surface area contributed by atoms with E-state index in [-0.39, 0.29) is 11.7 Å². The van der Waals surface area contributed by atoms with Crippen LogP contribution in [0.25, 0.3) is 16.2 Å². The van der Waals surface area contributed by atoms with Gasteiger partial charge in [-0.15, -0.1) is 0 Å². The lowest BCUT2D eigenvalue weighted by atomic mass is 10.2. The predicted molar refractivity (Wildman–Crippen MR) is 97.6 cm³/mol. The Labute approximate surface area is 149 Å². The highest BCUT2D eigenvalue weighted by atomic mass is 32.1. The number of likely N-dealkylation sites (tertiary alicyclic amines) is 1. The molecule has 4 rings (SSSR count). The summed E-state index contributed by atoms with van der Waals surface area (Å²) in [4.78, 5) is 21.1. The summed E-state index contributed by atoms with van der Waals surface area (Å²) in [7, 11) is 0. The Balaban J connectivity index is 1.65. The van der Waals surface area contributed by atoms with Gasteiger partial charge < -0.3 is 4.90 Å². The van der Waals surface area contributed by atoms with Gasteiger partial charge in [0.25, 0.3) is 5.91 Å². The summed E-state index contributed by atoms with van der Waals surface area (Å²) in [5.74, 6) is -0.135. The monoisotopic (exact) mass is 357 g/mol. The van der Waals surface area contributed by atoms with E-state index < -0.39 is 0 Å². The standard InChI is InChI=1S/C19H20FN3OS/c1-13-17(18(24)22-10-4-2-3-5-11-22)25-19-21-16(12-23(13)19)14-6-8-15(20)9-7-14/h6-9,12H,2-5,10-11H2,1H3. The molecule has 0 N–H and O–H groups in total. The highest BCUT2D eigenvalue weighted by Crippen LogP contribution is 2.28. The number of halogens is 1. The van der Waals surface area contributed by atoms with Gasteiger partial charge in [0.15, 0.2) is 4.96 Å². The van der Waals surface area contributed by atoms with E-state index in [1.165, 1.54) is 36.3 Å². The Bertz CT molecular complexity index is 905. The number of thiazole rings is 1. The molecule has 1 amide bonds. The van der Waals surface area contributed by atoms with Crippen LogP contribution in [-0.4, -0.2) is 33.3 Å². The minimum atomic E-state index is -0.258. The molecule has 0 spiro atoms. The number of rotatable bonds is 2. The molecular weight excluding hydrogens is 337 g/mol. The van der Waals surface area contributed by atoms with Crippen LogP contribution in [0.1, 0.15) is 41.0 Å². The van der Waals surface area contributed by atoms with Gasteiger partial charge in [-0.2, -0.15) is 0 Å². The SMILES string of the molecule is Cc1c(C(=O)N2CCCCCC2)sc2nc(-c3ccc(F)cc3)cn12. The van der Waals surface area contributed by atoms with Crippen LogP contribution >= 0.6 is 11.3 Å². The molecule has 2 aromatic heterocycles. The number of aryl methyl sites for hydroxylation is 1. The van der Waals surface area contributed by atoms with Gasteiger partial charge in [-0.25, -0.2) is 9.37 Å². The summed E-state index contributed by atoms with van der Waals surface area (Å²) >= 11 is 1.44. The van der Waals surface area contributed by atoms with Crippen molar-refractivity contribution in [2.24, 2.45) is 0 Å². The molecule has 1 aliphatic heterocycles. The topological polar surface area (TPSA) is 37.6 Å². The fraction of sp³-hybridized carbons (Fsp3) is 0.368. The number of aromatic nitrogens is 2. The fourth-order valence-electron chi connectivity index (χ4n) is 3.33. The quantitative estimate of drug-likeness (QED) is 0.676. The normalized spacial score (nSPS) is 15.5. The summed E-state index contributed by atoms with van der Waals surface area (Å²) in [5.41, 5.74) is 2.59. The third-order valence-corrected chi connectivity index (χ3v) is 5.93. The molecule has 1 fully saturated rings. The van der Waals surface area contributed by atoms with Crippen LogP contribution < -0.4 is 0 Å². The zero-order chi connectivity index (χ0) is 17.4. The highest BCUT2D eigenvalue weighted by molar-refractivity contribution is 7.19. The highest BCUT2D eigenvalue weighted by Gasteiger charge is 2.23. The number of carbonyl (C=O) groups is 1. The second-order valence-electron chi connectivity index (χ2n) is 6.51.